The van der Waals surface area contributed by atoms with Gasteiger partial charge in [0.1, 0.15) is 17.2 Å². The Morgan fingerprint density at radius 3 is 2.21 bits per heavy atom. The van der Waals surface area contributed by atoms with Gasteiger partial charge in [-0.25, -0.2) is 10.1 Å². The smallest absolute Gasteiger partial charge is 0.266 e. The lowest BCUT2D eigenvalue weighted by Crippen LogP contribution is -2.56. The minimum absolute atomic E-state index is 0.0740. The zero-order valence-corrected chi connectivity index (χ0v) is 24.0. The second-order valence-corrected chi connectivity index (χ2v) is 9.72. The molecule has 2 aromatic rings. The largest absolute Gasteiger partial charge is 0.381 e. The predicted octanol–water partition coefficient (Wildman–Crippen LogP) is -0.884. The summed E-state index contributed by atoms with van der Waals surface area (Å²) in [6, 6.07) is 15.6. The Balaban J connectivity index is 1.91. The van der Waals surface area contributed by atoms with Gasteiger partial charge >= 0.3 is 0 Å². The number of hydrogen-bond acceptors (Lipinski definition) is 8. The minimum atomic E-state index is -1.62. The summed E-state index contributed by atoms with van der Waals surface area (Å²) in [5, 5.41) is 33.5. The monoisotopic (exact) mass is 600 g/mol. The molecule has 234 valence electrons. The number of aliphatic hydroxyl groups is 1. The maximum absolute atomic E-state index is 12.9. The van der Waals surface area contributed by atoms with Gasteiger partial charge in [-0.3, -0.25) is 14.4 Å². The van der Waals surface area contributed by atoms with Gasteiger partial charge in [0, 0.05) is 13.1 Å². The van der Waals surface area contributed by atoms with E-state index in [1.165, 1.54) is 6.92 Å². The first kappa shape index (κ1) is 34.6. The maximum atomic E-state index is 12.9. The lowest BCUT2D eigenvalue weighted by Gasteiger charge is -2.26. The molecule has 15 nitrogen and oxygen atoms in total. The standard InChI is InChI=1S/C28H40N8O7/c1-19(33-26(39)22(29)18-43-17-21-11-6-3-7-12-21)25(38)34-23(13-8-15-32-28(30)35-36(41)42)24(37)27(40)31-16-14-20-9-4-2-5-10-20/h2-7,9-12,19,22-24,37H,8,13-18,29H2,1H3,(H,31,40)(H,33,39)(H,34,38)(H3,30,32,35). The summed E-state index contributed by atoms with van der Waals surface area (Å²) in [5.74, 6) is -2.38. The highest BCUT2D eigenvalue weighted by Crippen LogP contribution is 2.06. The zero-order chi connectivity index (χ0) is 31.6. The van der Waals surface area contributed by atoms with Crippen molar-refractivity contribution in [3.8, 4) is 0 Å². The number of hydrazone groups is 1. The molecule has 2 rings (SSSR count). The molecular formula is C28H40N8O7. The Morgan fingerprint density at radius 1 is 0.953 bits per heavy atom. The van der Waals surface area contributed by atoms with E-state index in [0.29, 0.717) is 6.42 Å². The van der Waals surface area contributed by atoms with Crippen molar-refractivity contribution in [2.45, 2.75) is 57.0 Å². The van der Waals surface area contributed by atoms with E-state index in [1.54, 1.807) is 0 Å². The summed E-state index contributed by atoms with van der Waals surface area (Å²) >= 11 is 0. The fraction of sp³-hybridized carbons (Fsp3) is 0.429. The van der Waals surface area contributed by atoms with Crippen LogP contribution in [0.1, 0.15) is 30.9 Å². The second-order valence-electron chi connectivity index (χ2n) is 9.72. The molecule has 0 aliphatic carbocycles. The van der Waals surface area contributed by atoms with Crippen LogP contribution in [0.5, 0.6) is 0 Å². The molecule has 4 atom stereocenters. The number of benzene rings is 2. The van der Waals surface area contributed by atoms with Gasteiger partial charge in [-0.15, -0.1) is 0 Å². The number of carbonyl (C=O) groups excluding carboxylic acids is 3. The van der Waals surface area contributed by atoms with Crippen molar-refractivity contribution in [3.05, 3.63) is 81.9 Å². The summed E-state index contributed by atoms with van der Waals surface area (Å²) < 4.78 is 5.50. The number of ether oxygens (including phenoxy) is 1. The van der Waals surface area contributed by atoms with Crippen molar-refractivity contribution in [1.29, 1.82) is 0 Å². The Hall–Kier alpha value is -4.60. The SMILES string of the molecule is CC(NC(=O)C(N)COCc1ccccc1)C(=O)NC(CCCN/C(N)=N/[N+](=O)[O-])C(O)C(=O)NCCc1ccccc1. The first-order chi connectivity index (χ1) is 20.6. The van der Waals surface area contributed by atoms with E-state index in [0.717, 1.165) is 11.1 Å². The average Bonchev–Trinajstić information content (AvgIpc) is 2.98. The predicted molar refractivity (Wildman–Crippen MR) is 159 cm³/mol. The molecule has 0 spiro atoms. The normalized spacial score (nSPS) is 14.1. The number of carbonyl (C=O) groups is 3. The van der Waals surface area contributed by atoms with Crippen molar-refractivity contribution in [2.24, 2.45) is 16.6 Å². The van der Waals surface area contributed by atoms with E-state index in [9.17, 15) is 29.6 Å². The van der Waals surface area contributed by atoms with Gasteiger partial charge in [0.05, 0.1) is 19.3 Å². The quantitative estimate of drug-likeness (QED) is 0.0366. The van der Waals surface area contributed by atoms with Crippen LogP contribution in [0.25, 0.3) is 0 Å². The Kier molecular flexibility index (Phi) is 15.1. The van der Waals surface area contributed by atoms with E-state index in [1.807, 2.05) is 60.7 Å². The van der Waals surface area contributed by atoms with Crippen molar-refractivity contribution in [2.75, 3.05) is 19.7 Å². The third kappa shape index (κ3) is 13.7. The number of nitro groups is 1. The molecule has 9 N–H and O–H groups in total. The van der Waals surface area contributed by atoms with Crippen LogP contribution in [-0.4, -0.2) is 77.7 Å². The van der Waals surface area contributed by atoms with Crippen molar-refractivity contribution >= 4 is 23.7 Å². The lowest BCUT2D eigenvalue weighted by molar-refractivity contribution is -0.485. The van der Waals surface area contributed by atoms with Gasteiger partial charge in [0.2, 0.25) is 11.8 Å². The molecule has 15 heteroatoms. The fourth-order valence-electron chi connectivity index (χ4n) is 3.88. The number of aliphatic hydroxyl groups excluding tert-OH is 1. The van der Waals surface area contributed by atoms with E-state index in [2.05, 4.69) is 26.4 Å². The molecule has 0 fully saturated rings. The first-order valence-corrected chi connectivity index (χ1v) is 13.8. The molecule has 43 heavy (non-hydrogen) atoms. The highest BCUT2D eigenvalue weighted by Gasteiger charge is 2.29. The second kappa shape index (κ2) is 18.8. The topological polar surface area (TPSA) is 236 Å². The fourth-order valence-corrected chi connectivity index (χ4v) is 3.88. The van der Waals surface area contributed by atoms with Gasteiger partial charge < -0.3 is 42.6 Å². The molecular weight excluding hydrogens is 560 g/mol. The number of nitrogens with one attached hydrogen (secondary N) is 4. The summed E-state index contributed by atoms with van der Waals surface area (Å²) in [4.78, 5) is 48.6. The van der Waals surface area contributed by atoms with Gasteiger partial charge in [-0.05, 0) is 37.3 Å². The van der Waals surface area contributed by atoms with Crippen molar-refractivity contribution in [1.82, 2.24) is 21.3 Å². The van der Waals surface area contributed by atoms with Crippen LogP contribution in [0.3, 0.4) is 0 Å². The van der Waals surface area contributed by atoms with Crippen LogP contribution in [0.4, 0.5) is 0 Å². The van der Waals surface area contributed by atoms with Crippen LogP contribution >= 0.6 is 0 Å². The maximum Gasteiger partial charge on any atom is 0.266 e. The summed E-state index contributed by atoms with van der Waals surface area (Å²) in [6.07, 6.45) is -0.752. The molecule has 0 heterocycles. The number of hydrogen-bond donors (Lipinski definition) is 7. The Morgan fingerprint density at radius 2 is 1.58 bits per heavy atom. The molecule has 4 unspecified atom stereocenters. The highest BCUT2D eigenvalue weighted by atomic mass is 16.7. The lowest BCUT2D eigenvalue weighted by atomic mass is 10.0. The number of nitrogens with zero attached hydrogens (tertiary/aromatic N) is 2. The van der Waals surface area contributed by atoms with Gasteiger partial charge in [0.15, 0.2) is 11.1 Å². The van der Waals surface area contributed by atoms with Gasteiger partial charge in [0.25, 0.3) is 11.9 Å². The Labute approximate surface area is 249 Å². The van der Waals surface area contributed by atoms with E-state index in [-0.39, 0.29) is 39.1 Å². The van der Waals surface area contributed by atoms with Gasteiger partial charge in [-0.1, -0.05) is 60.7 Å². The molecule has 0 aliphatic heterocycles. The van der Waals surface area contributed by atoms with E-state index in [4.69, 9.17) is 16.2 Å². The van der Waals surface area contributed by atoms with Crippen LogP contribution in [0, 0.1) is 10.1 Å². The third-order valence-corrected chi connectivity index (χ3v) is 6.22. The molecule has 0 saturated carbocycles. The molecule has 0 aromatic heterocycles. The van der Waals surface area contributed by atoms with E-state index < -0.39 is 52.9 Å². The molecule has 3 amide bonds. The summed E-state index contributed by atoms with van der Waals surface area (Å²) in [5.41, 5.74) is 13.2. The molecule has 0 bridgehead atoms. The minimum Gasteiger partial charge on any atom is -0.381 e. The number of rotatable bonds is 18. The van der Waals surface area contributed by atoms with Gasteiger partial charge in [-0.2, -0.15) is 0 Å². The molecule has 0 radical (unpaired) electrons. The third-order valence-electron chi connectivity index (χ3n) is 6.22. The molecule has 2 aromatic carbocycles. The van der Waals surface area contributed by atoms with Crippen molar-refractivity contribution < 1.29 is 29.3 Å². The van der Waals surface area contributed by atoms with Crippen LogP contribution in [-0.2, 0) is 32.1 Å². The Bertz CT molecular complexity index is 1200. The first-order valence-electron chi connectivity index (χ1n) is 13.8. The molecule has 0 aliphatic rings. The van der Waals surface area contributed by atoms with E-state index >= 15 is 0 Å². The number of amides is 3. The highest BCUT2D eigenvalue weighted by molar-refractivity contribution is 5.90. The van der Waals surface area contributed by atoms with Crippen LogP contribution in [0.15, 0.2) is 65.8 Å². The molecule has 0 saturated heterocycles. The number of guanidine groups is 1. The summed E-state index contributed by atoms with van der Waals surface area (Å²) in [7, 11) is 0. The number of nitrogens with two attached hydrogens (primary N) is 2. The van der Waals surface area contributed by atoms with Crippen LogP contribution in [0.2, 0.25) is 0 Å². The summed E-state index contributed by atoms with van der Waals surface area (Å²) in [6.45, 7) is 2.00. The average molecular weight is 601 g/mol. The van der Waals surface area contributed by atoms with Crippen molar-refractivity contribution in [3.63, 3.8) is 0 Å². The van der Waals surface area contributed by atoms with Crippen LogP contribution < -0.4 is 32.7 Å². The zero-order valence-electron chi connectivity index (χ0n) is 24.0.